The summed E-state index contributed by atoms with van der Waals surface area (Å²) >= 11 is 1.53. The molecular formula is C19H14N2O2S. The maximum Gasteiger partial charge on any atom is 0.195 e. The summed E-state index contributed by atoms with van der Waals surface area (Å²) in [7, 11) is 1.64. The van der Waals surface area contributed by atoms with Gasteiger partial charge in [-0.05, 0) is 29.8 Å². The van der Waals surface area contributed by atoms with Crippen molar-refractivity contribution < 1.29 is 9.53 Å². The molecule has 4 rings (SSSR count). The summed E-state index contributed by atoms with van der Waals surface area (Å²) < 4.78 is 7.13. The predicted molar refractivity (Wildman–Crippen MR) is 95.9 cm³/mol. The lowest BCUT2D eigenvalue weighted by Gasteiger charge is -2.04. The lowest BCUT2D eigenvalue weighted by atomic mass is 10.1. The van der Waals surface area contributed by atoms with E-state index in [1.165, 1.54) is 11.3 Å². The Morgan fingerprint density at radius 3 is 2.46 bits per heavy atom. The van der Waals surface area contributed by atoms with Crippen LogP contribution in [0.25, 0.3) is 27.5 Å². The molecule has 0 bridgehead atoms. The summed E-state index contributed by atoms with van der Waals surface area (Å²) in [6, 6.07) is 17.6. The predicted octanol–water partition coefficient (Wildman–Crippen LogP) is 4.55. The molecule has 0 aliphatic rings. The molecule has 5 heteroatoms. The van der Waals surface area contributed by atoms with Crippen molar-refractivity contribution in [2.75, 3.05) is 7.11 Å². The van der Waals surface area contributed by atoms with Crippen molar-refractivity contribution in [3.63, 3.8) is 0 Å². The van der Waals surface area contributed by atoms with Gasteiger partial charge in [-0.3, -0.25) is 9.20 Å². The highest BCUT2D eigenvalue weighted by Crippen LogP contribution is 2.32. The number of rotatable bonds is 4. The number of nitrogens with zero attached hydrogens (tertiary/aromatic N) is 2. The van der Waals surface area contributed by atoms with Crippen molar-refractivity contribution in [2.24, 2.45) is 0 Å². The minimum atomic E-state index is 0.572. The Kier molecular flexibility index (Phi) is 3.63. The third-order valence-electron chi connectivity index (χ3n) is 3.94. The summed E-state index contributed by atoms with van der Waals surface area (Å²) in [4.78, 5) is 17.2. The number of fused-ring (bicyclic) bond motifs is 1. The summed E-state index contributed by atoms with van der Waals surface area (Å²) in [6.07, 6.45) is 0.877. The van der Waals surface area contributed by atoms with E-state index in [0.717, 1.165) is 33.8 Å². The van der Waals surface area contributed by atoms with Crippen molar-refractivity contribution in [2.45, 2.75) is 0 Å². The van der Waals surface area contributed by atoms with Crippen LogP contribution in [-0.4, -0.2) is 22.8 Å². The smallest absolute Gasteiger partial charge is 0.195 e. The van der Waals surface area contributed by atoms with Gasteiger partial charge < -0.3 is 4.74 Å². The first kappa shape index (κ1) is 14.7. The molecule has 0 saturated heterocycles. The Bertz CT molecular complexity index is 1000. The number of carbonyl (C=O) groups is 1. The van der Waals surface area contributed by atoms with Crippen molar-refractivity contribution in [1.29, 1.82) is 0 Å². The van der Waals surface area contributed by atoms with Gasteiger partial charge in [-0.2, -0.15) is 0 Å². The molecule has 2 aromatic heterocycles. The summed E-state index contributed by atoms with van der Waals surface area (Å²) in [6.45, 7) is 0. The zero-order chi connectivity index (χ0) is 16.5. The van der Waals surface area contributed by atoms with Crippen LogP contribution in [0.4, 0.5) is 0 Å². The molecule has 118 valence electrons. The summed E-state index contributed by atoms with van der Waals surface area (Å²) in [5.74, 6) is 0.802. The fourth-order valence-electron chi connectivity index (χ4n) is 2.76. The van der Waals surface area contributed by atoms with Gasteiger partial charge in [0.05, 0.1) is 12.8 Å². The topological polar surface area (TPSA) is 43.6 Å². The second kappa shape index (κ2) is 5.94. The van der Waals surface area contributed by atoms with E-state index in [9.17, 15) is 4.79 Å². The van der Waals surface area contributed by atoms with E-state index in [1.54, 1.807) is 7.11 Å². The van der Waals surface area contributed by atoms with Crippen molar-refractivity contribution in [3.05, 3.63) is 65.7 Å². The largest absolute Gasteiger partial charge is 0.497 e. The molecule has 0 spiro atoms. The molecule has 0 amide bonds. The molecule has 2 aromatic carbocycles. The molecule has 0 fully saturated rings. The highest BCUT2D eigenvalue weighted by Gasteiger charge is 2.18. The van der Waals surface area contributed by atoms with Crippen LogP contribution in [0.3, 0.4) is 0 Å². The molecule has 0 aliphatic heterocycles. The lowest BCUT2D eigenvalue weighted by molar-refractivity contribution is 0.111. The summed E-state index contributed by atoms with van der Waals surface area (Å²) in [5.41, 5.74) is 4.20. The van der Waals surface area contributed by atoms with E-state index in [0.29, 0.717) is 11.4 Å². The van der Waals surface area contributed by atoms with Crippen LogP contribution in [0.5, 0.6) is 5.75 Å². The van der Waals surface area contributed by atoms with Crippen molar-refractivity contribution in [3.8, 4) is 28.3 Å². The SMILES string of the molecule is COc1ccc(-c2csc3nc(-c4ccccc4)c(C=O)n23)cc1. The van der Waals surface area contributed by atoms with Gasteiger partial charge in [-0.15, -0.1) is 11.3 Å². The number of ether oxygens (including phenoxy) is 1. The Balaban J connectivity index is 1.92. The van der Waals surface area contributed by atoms with Gasteiger partial charge in [0, 0.05) is 10.9 Å². The molecule has 24 heavy (non-hydrogen) atoms. The monoisotopic (exact) mass is 334 g/mol. The van der Waals surface area contributed by atoms with Crippen molar-refractivity contribution >= 4 is 22.6 Å². The van der Waals surface area contributed by atoms with Crippen molar-refractivity contribution in [1.82, 2.24) is 9.38 Å². The van der Waals surface area contributed by atoms with Gasteiger partial charge in [0.25, 0.3) is 0 Å². The number of methoxy groups -OCH3 is 1. The van der Waals surface area contributed by atoms with Gasteiger partial charge in [0.2, 0.25) is 0 Å². The van der Waals surface area contributed by atoms with Crippen LogP contribution in [-0.2, 0) is 0 Å². The van der Waals surface area contributed by atoms with E-state index in [4.69, 9.17) is 4.74 Å². The third-order valence-corrected chi connectivity index (χ3v) is 4.77. The first-order valence-electron chi connectivity index (χ1n) is 7.47. The van der Waals surface area contributed by atoms with E-state index < -0.39 is 0 Å². The van der Waals surface area contributed by atoms with Crippen LogP contribution in [0.2, 0.25) is 0 Å². The number of hydrogen-bond acceptors (Lipinski definition) is 4. The Hall–Kier alpha value is -2.92. The molecule has 0 radical (unpaired) electrons. The van der Waals surface area contributed by atoms with E-state index in [-0.39, 0.29) is 0 Å². The highest BCUT2D eigenvalue weighted by molar-refractivity contribution is 7.15. The number of hydrogen-bond donors (Lipinski definition) is 0. The molecule has 0 saturated carbocycles. The Morgan fingerprint density at radius 1 is 1.04 bits per heavy atom. The average molecular weight is 334 g/mol. The molecule has 4 nitrogen and oxygen atoms in total. The maximum absolute atomic E-state index is 11.8. The van der Waals surface area contributed by atoms with Gasteiger partial charge >= 0.3 is 0 Å². The molecular weight excluding hydrogens is 320 g/mol. The Labute approximate surface area is 143 Å². The number of imidazole rings is 1. The second-order valence-electron chi connectivity index (χ2n) is 5.30. The highest BCUT2D eigenvalue weighted by atomic mass is 32.1. The van der Waals surface area contributed by atoms with Crippen LogP contribution in [0, 0.1) is 0 Å². The van der Waals surface area contributed by atoms with E-state index in [1.807, 2.05) is 64.4 Å². The fraction of sp³-hybridized carbons (Fsp3) is 0.0526. The second-order valence-corrected chi connectivity index (χ2v) is 6.13. The first-order chi connectivity index (χ1) is 11.8. The molecule has 4 aromatic rings. The van der Waals surface area contributed by atoms with Crippen LogP contribution < -0.4 is 4.74 Å². The van der Waals surface area contributed by atoms with Gasteiger partial charge in [0.1, 0.15) is 17.1 Å². The molecule has 0 N–H and O–H groups in total. The number of aromatic nitrogens is 2. The van der Waals surface area contributed by atoms with Crippen LogP contribution >= 0.6 is 11.3 Å². The number of carbonyl (C=O) groups excluding carboxylic acids is 1. The Morgan fingerprint density at radius 2 is 1.79 bits per heavy atom. The minimum Gasteiger partial charge on any atom is -0.497 e. The maximum atomic E-state index is 11.8. The lowest BCUT2D eigenvalue weighted by Crippen LogP contribution is -1.94. The van der Waals surface area contributed by atoms with E-state index >= 15 is 0 Å². The normalized spacial score (nSPS) is 10.9. The number of thiazole rings is 1. The average Bonchev–Trinajstić information content (AvgIpc) is 3.21. The van der Waals surface area contributed by atoms with Crippen LogP contribution in [0.1, 0.15) is 10.5 Å². The van der Waals surface area contributed by atoms with Gasteiger partial charge in [0.15, 0.2) is 11.2 Å². The standard InChI is InChI=1S/C19H14N2O2S/c1-23-15-9-7-13(8-10-15)17-12-24-19-20-18(16(11-22)21(17)19)14-5-3-2-4-6-14/h2-12H,1H3. The molecule has 2 heterocycles. The third kappa shape index (κ3) is 2.30. The number of benzene rings is 2. The molecule has 0 atom stereocenters. The zero-order valence-corrected chi connectivity index (χ0v) is 13.8. The van der Waals surface area contributed by atoms with Gasteiger partial charge in [-0.1, -0.05) is 30.3 Å². The van der Waals surface area contributed by atoms with Gasteiger partial charge in [-0.25, -0.2) is 4.98 Å². The quantitative estimate of drug-likeness (QED) is 0.514. The minimum absolute atomic E-state index is 0.572. The summed E-state index contributed by atoms with van der Waals surface area (Å²) in [5, 5.41) is 2.02. The molecule has 0 unspecified atom stereocenters. The molecule has 0 aliphatic carbocycles. The van der Waals surface area contributed by atoms with E-state index in [2.05, 4.69) is 4.98 Å². The number of aldehydes is 1. The first-order valence-corrected chi connectivity index (χ1v) is 8.34. The fourth-order valence-corrected chi connectivity index (χ4v) is 3.67. The zero-order valence-electron chi connectivity index (χ0n) is 13.0. The van der Waals surface area contributed by atoms with Crippen LogP contribution in [0.15, 0.2) is 60.0 Å².